The highest BCUT2D eigenvalue weighted by Gasteiger charge is 2.19. The average Bonchev–Trinajstić information content (AvgIpc) is 2.68. The van der Waals surface area contributed by atoms with Gasteiger partial charge in [0.15, 0.2) is 0 Å². The Bertz CT molecular complexity index is 1070. The van der Waals surface area contributed by atoms with E-state index < -0.39 is 23.3 Å². The number of carbonyl (C=O) groups excluding carboxylic acids is 1. The molecule has 2 N–H and O–H groups in total. The van der Waals surface area contributed by atoms with Gasteiger partial charge in [0.1, 0.15) is 11.4 Å². The van der Waals surface area contributed by atoms with E-state index in [2.05, 4.69) is 10.4 Å². The van der Waals surface area contributed by atoms with Crippen LogP contribution in [0.2, 0.25) is 5.02 Å². The molecular weight excluding hydrogens is 385 g/mol. The van der Waals surface area contributed by atoms with Gasteiger partial charge in [-0.1, -0.05) is 29.8 Å². The topological polar surface area (TPSA) is 84.2 Å². The van der Waals surface area contributed by atoms with Crippen molar-refractivity contribution in [3.05, 3.63) is 81.4 Å². The fourth-order valence-corrected chi connectivity index (χ4v) is 2.67. The van der Waals surface area contributed by atoms with Crippen LogP contribution in [0, 0.1) is 5.82 Å². The number of halogens is 2. The maximum Gasteiger partial charge on any atom is 0.284 e. The highest BCUT2D eigenvalue weighted by molar-refractivity contribution is 6.30. The Morgan fingerprint density at radius 2 is 1.96 bits per heavy atom. The average molecular weight is 402 g/mol. The Morgan fingerprint density at radius 3 is 2.61 bits per heavy atom. The molecule has 8 heteroatoms. The molecule has 1 amide bonds. The lowest BCUT2D eigenvalue weighted by molar-refractivity contribution is 0.0920. The lowest BCUT2D eigenvalue weighted by Gasteiger charge is -2.13. The SMILES string of the molecule is C[C@H](CO)NC(=O)c1cc(-c2ccc(Cl)cc2)nn(-c2cccc(F)c2)c1=O. The minimum atomic E-state index is -0.703. The van der Waals surface area contributed by atoms with Gasteiger partial charge >= 0.3 is 0 Å². The number of amides is 1. The van der Waals surface area contributed by atoms with Crippen molar-refractivity contribution in [3.8, 4) is 16.9 Å². The zero-order valence-electron chi connectivity index (χ0n) is 14.9. The highest BCUT2D eigenvalue weighted by Crippen LogP contribution is 2.20. The summed E-state index contributed by atoms with van der Waals surface area (Å²) in [6.45, 7) is 1.32. The van der Waals surface area contributed by atoms with Gasteiger partial charge in [0, 0.05) is 16.6 Å². The summed E-state index contributed by atoms with van der Waals surface area (Å²) in [4.78, 5) is 25.4. The molecule has 0 aliphatic heterocycles. The molecule has 0 bridgehead atoms. The Labute approximate surface area is 165 Å². The second-order valence-corrected chi connectivity index (χ2v) is 6.64. The molecule has 6 nitrogen and oxygen atoms in total. The number of hydrogen-bond donors (Lipinski definition) is 2. The Morgan fingerprint density at radius 1 is 1.25 bits per heavy atom. The van der Waals surface area contributed by atoms with Crippen molar-refractivity contribution in [1.82, 2.24) is 15.1 Å². The fraction of sp³-hybridized carbons (Fsp3) is 0.150. The monoisotopic (exact) mass is 401 g/mol. The number of benzene rings is 2. The van der Waals surface area contributed by atoms with Crippen LogP contribution >= 0.6 is 11.6 Å². The van der Waals surface area contributed by atoms with Crippen molar-refractivity contribution >= 4 is 17.5 Å². The predicted octanol–water partition coefficient (Wildman–Crippen LogP) is 2.80. The molecule has 28 heavy (non-hydrogen) atoms. The molecule has 0 unspecified atom stereocenters. The van der Waals surface area contributed by atoms with Crippen molar-refractivity contribution in [3.63, 3.8) is 0 Å². The summed E-state index contributed by atoms with van der Waals surface area (Å²) in [5.74, 6) is -1.20. The van der Waals surface area contributed by atoms with Crippen LogP contribution in [0.3, 0.4) is 0 Å². The quantitative estimate of drug-likeness (QED) is 0.688. The summed E-state index contributed by atoms with van der Waals surface area (Å²) in [6.07, 6.45) is 0. The third-order valence-electron chi connectivity index (χ3n) is 4.00. The first-order valence-electron chi connectivity index (χ1n) is 8.47. The number of carbonyl (C=O) groups is 1. The molecule has 0 aliphatic carbocycles. The van der Waals surface area contributed by atoms with Crippen molar-refractivity contribution in [2.75, 3.05) is 6.61 Å². The highest BCUT2D eigenvalue weighted by atomic mass is 35.5. The van der Waals surface area contributed by atoms with E-state index in [0.717, 1.165) is 10.7 Å². The normalized spacial score (nSPS) is 11.9. The summed E-state index contributed by atoms with van der Waals surface area (Å²) in [5, 5.41) is 16.5. The van der Waals surface area contributed by atoms with Gasteiger partial charge in [-0.2, -0.15) is 9.78 Å². The minimum absolute atomic E-state index is 0.176. The molecule has 1 heterocycles. The van der Waals surface area contributed by atoms with E-state index in [9.17, 15) is 14.0 Å². The van der Waals surface area contributed by atoms with Crippen LogP contribution < -0.4 is 10.9 Å². The lowest BCUT2D eigenvalue weighted by atomic mass is 10.1. The summed E-state index contributed by atoms with van der Waals surface area (Å²) in [6, 6.07) is 12.9. The van der Waals surface area contributed by atoms with Gasteiger partial charge in [-0.3, -0.25) is 9.59 Å². The van der Waals surface area contributed by atoms with Gasteiger partial charge < -0.3 is 10.4 Å². The summed E-state index contributed by atoms with van der Waals surface area (Å²) in [5.41, 5.74) is 0.265. The fourth-order valence-electron chi connectivity index (χ4n) is 2.55. The molecule has 0 aliphatic rings. The Balaban J connectivity index is 2.19. The van der Waals surface area contributed by atoms with Crippen LogP contribution in [0.5, 0.6) is 0 Å². The molecule has 0 radical (unpaired) electrons. The number of nitrogens with one attached hydrogen (secondary N) is 1. The van der Waals surface area contributed by atoms with Crippen molar-refractivity contribution in [2.24, 2.45) is 0 Å². The zero-order chi connectivity index (χ0) is 20.3. The first kappa shape index (κ1) is 19.7. The largest absolute Gasteiger partial charge is 0.394 e. The van der Waals surface area contributed by atoms with Gasteiger partial charge in [0.25, 0.3) is 11.5 Å². The predicted molar refractivity (Wildman–Crippen MR) is 104 cm³/mol. The summed E-state index contributed by atoms with van der Waals surface area (Å²) in [7, 11) is 0. The first-order chi connectivity index (χ1) is 13.4. The van der Waals surface area contributed by atoms with Crippen LogP contribution in [0.25, 0.3) is 16.9 Å². The molecule has 1 aromatic heterocycles. The first-order valence-corrected chi connectivity index (χ1v) is 8.85. The van der Waals surface area contributed by atoms with E-state index in [1.54, 1.807) is 31.2 Å². The van der Waals surface area contributed by atoms with E-state index in [1.165, 1.54) is 24.3 Å². The van der Waals surface area contributed by atoms with Crippen LogP contribution in [0.15, 0.2) is 59.4 Å². The van der Waals surface area contributed by atoms with Gasteiger partial charge in [-0.05, 0) is 43.3 Å². The maximum absolute atomic E-state index is 13.7. The third kappa shape index (κ3) is 4.27. The van der Waals surface area contributed by atoms with Gasteiger partial charge in [0.05, 0.1) is 18.0 Å². The van der Waals surface area contributed by atoms with Gasteiger partial charge in [-0.15, -0.1) is 0 Å². The molecule has 3 aromatic rings. The Hall–Kier alpha value is -3.03. The van der Waals surface area contributed by atoms with E-state index in [0.29, 0.717) is 16.3 Å². The molecule has 3 rings (SSSR count). The molecule has 0 fully saturated rings. The van der Waals surface area contributed by atoms with E-state index in [4.69, 9.17) is 16.7 Å². The molecular formula is C20H17ClFN3O3. The molecule has 1 atom stereocenters. The number of aliphatic hydroxyl groups excluding tert-OH is 1. The lowest BCUT2D eigenvalue weighted by Crippen LogP contribution is -2.39. The second kappa shape index (κ2) is 8.33. The van der Waals surface area contributed by atoms with Crippen LogP contribution in [0.1, 0.15) is 17.3 Å². The van der Waals surface area contributed by atoms with Crippen molar-refractivity contribution in [2.45, 2.75) is 13.0 Å². The van der Waals surface area contributed by atoms with E-state index >= 15 is 0 Å². The number of aliphatic hydroxyl groups is 1. The standard InChI is InChI=1S/C20H17ClFN3O3/c1-12(11-26)23-19(27)17-10-18(13-5-7-14(21)8-6-13)24-25(20(17)28)16-4-2-3-15(22)9-16/h2-10,12,26H,11H2,1H3,(H,23,27)/t12-/m1/s1. The minimum Gasteiger partial charge on any atom is -0.394 e. The van der Waals surface area contributed by atoms with Crippen molar-refractivity contribution < 1.29 is 14.3 Å². The van der Waals surface area contributed by atoms with Crippen LogP contribution in [-0.4, -0.2) is 33.4 Å². The third-order valence-corrected chi connectivity index (χ3v) is 4.25. The van der Waals surface area contributed by atoms with Crippen molar-refractivity contribution in [1.29, 1.82) is 0 Å². The maximum atomic E-state index is 13.7. The second-order valence-electron chi connectivity index (χ2n) is 6.20. The smallest absolute Gasteiger partial charge is 0.284 e. The van der Waals surface area contributed by atoms with E-state index in [-0.39, 0.29) is 17.9 Å². The molecule has 0 saturated carbocycles. The molecule has 0 saturated heterocycles. The summed E-state index contributed by atoms with van der Waals surface area (Å²) < 4.78 is 14.6. The number of nitrogens with zero attached hydrogens (tertiary/aromatic N) is 2. The summed E-state index contributed by atoms with van der Waals surface area (Å²) >= 11 is 5.92. The zero-order valence-corrected chi connectivity index (χ0v) is 15.7. The number of aromatic nitrogens is 2. The van der Waals surface area contributed by atoms with Gasteiger partial charge in [-0.25, -0.2) is 4.39 Å². The van der Waals surface area contributed by atoms with Crippen LogP contribution in [0.4, 0.5) is 4.39 Å². The number of hydrogen-bond acceptors (Lipinski definition) is 4. The molecule has 0 spiro atoms. The van der Waals surface area contributed by atoms with E-state index in [1.807, 2.05) is 0 Å². The molecule has 2 aromatic carbocycles. The Kier molecular flexibility index (Phi) is 5.87. The molecule has 144 valence electrons. The van der Waals surface area contributed by atoms with Gasteiger partial charge in [0.2, 0.25) is 0 Å². The van der Waals surface area contributed by atoms with Crippen LogP contribution in [-0.2, 0) is 0 Å². The number of rotatable bonds is 5.